The Morgan fingerprint density at radius 3 is 2.77 bits per heavy atom. The summed E-state index contributed by atoms with van der Waals surface area (Å²) in [5, 5.41) is 3.84. The molecular weight excluding hydrogens is 349 g/mol. The summed E-state index contributed by atoms with van der Waals surface area (Å²) in [6, 6.07) is 3.77. The molecule has 0 aromatic heterocycles. The molecule has 2 heterocycles. The number of halogens is 2. The molecule has 2 aliphatic rings. The molecule has 3 rings (SSSR count). The van der Waals surface area contributed by atoms with Crippen molar-refractivity contribution < 1.29 is 17.9 Å². The topological polar surface area (TPSA) is 64.6 Å². The molecule has 1 fully saturated rings. The maximum Gasteiger partial charge on any atom is 0.179 e. The summed E-state index contributed by atoms with van der Waals surface area (Å²) < 4.78 is 33.8. The van der Waals surface area contributed by atoms with Crippen LogP contribution >= 0.6 is 24.0 Å². The summed E-state index contributed by atoms with van der Waals surface area (Å²) in [6.07, 6.45) is 0.747. The molecule has 1 N–H and O–H groups in total. The second kappa shape index (κ2) is 7.25. The van der Waals surface area contributed by atoms with Crippen molar-refractivity contribution in [3.05, 3.63) is 22.7 Å². The normalized spacial score (nSPS) is 22.1. The molecule has 2 aliphatic heterocycles. The Bertz CT molecular complexity index is 636. The van der Waals surface area contributed by atoms with Gasteiger partial charge in [-0.05, 0) is 36.6 Å². The quantitative estimate of drug-likeness (QED) is 0.882. The minimum Gasteiger partial charge on any atom is -0.486 e. The number of sulfone groups is 1. The first-order valence-corrected chi connectivity index (χ1v) is 9.22. The number of benzene rings is 1. The number of ether oxygens (including phenoxy) is 2. The molecule has 1 aromatic carbocycles. The number of rotatable bonds is 4. The van der Waals surface area contributed by atoms with Gasteiger partial charge in [0.15, 0.2) is 21.3 Å². The lowest BCUT2D eigenvalue weighted by molar-refractivity contribution is 0.171. The molecule has 1 saturated heterocycles. The molecule has 0 amide bonds. The fraction of sp³-hybridized carbons (Fsp3) is 0.571. The maximum absolute atomic E-state index is 11.4. The van der Waals surface area contributed by atoms with Crippen molar-refractivity contribution >= 4 is 33.8 Å². The summed E-state index contributed by atoms with van der Waals surface area (Å²) in [5.74, 6) is 2.10. The van der Waals surface area contributed by atoms with E-state index in [4.69, 9.17) is 21.1 Å². The lowest BCUT2D eigenvalue weighted by Crippen LogP contribution is -2.23. The molecule has 1 atom stereocenters. The van der Waals surface area contributed by atoms with Crippen molar-refractivity contribution in [2.24, 2.45) is 5.92 Å². The van der Waals surface area contributed by atoms with Crippen LogP contribution in [0.1, 0.15) is 12.0 Å². The van der Waals surface area contributed by atoms with E-state index in [1.54, 1.807) is 0 Å². The van der Waals surface area contributed by atoms with E-state index < -0.39 is 9.84 Å². The van der Waals surface area contributed by atoms with E-state index in [1.165, 1.54) is 0 Å². The highest BCUT2D eigenvalue weighted by molar-refractivity contribution is 7.91. The molecule has 0 radical (unpaired) electrons. The Morgan fingerprint density at radius 1 is 1.27 bits per heavy atom. The first kappa shape index (κ1) is 17.7. The van der Waals surface area contributed by atoms with Gasteiger partial charge >= 0.3 is 0 Å². The van der Waals surface area contributed by atoms with Gasteiger partial charge in [-0.2, -0.15) is 0 Å². The van der Waals surface area contributed by atoms with Crippen LogP contribution in [0, 0.1) is 5.92 Å². The van der Waals surface area contributed by atoms with Gasteiger partial charge in [-0.15, -0.1) is 12.4 Å². The van der Waals surface area contributed by atoms with Crippen LogP contribution in [0.3, 0.4) is 0 Å². The Labute approximate surface area is 141 Å². The van der Waals surface area contributed by atoms with E-state index in [0.717, 1.165) is 12.0 Å². The number of nitrogens with one attached hydrogen (secondary N) is 1. The molecule has 1 aromatic rings. The van der Waals surface area contributed by atoms with E-state index in [2.05, 4.69) is 5.32 Å². The highest BCUT2D eigenvalue weighted by Crippen LogP contribution is 2.38. The van der Waals surface area contributed by atoms with Gasteiger partial charge < -0.3 is 14.8 Å². The van der Waals surface area contributed by atoms with Gasteiger partial charge in [0, 0.05) is 6.54 Å². The lowest BCUT2D eigenvalue weighted by atomic mass is 10.1. The van der Waals surface area contributed by atoms with Crippen molar-refractivity contribution in [2.75, 3.05) is 31.3 Å². The molecule has 0 bridgehead atoms. The zero-order valence-electron chi connectivity index (χ0n) is 12.0. The largest absolute Gasteiger partial charge is 0.486 e. The van der Waals surface area contributed by atoms with Crippen molar-refractivity contribution in [2.45, 2.75) is 13.0 Å². The van der Waals surface area contributed by atoms with Crippen LogP contribution in [-0.4, -0.2) is 39.7 Å². The predicted octanol–water partition coefficient (Wildman–Crippen LogP) is 2.06. The Hall–Kier alpha value is -0.690. The third kappa shape index (κ3) is 4.19. The minimum atomic E-state index is -2.81. The van der Waals surface area contributed by atoms with E-state index in [-0.39, 0.29) is 18.3 Å². The van der Waals surface area contributed by atoms with Crippen LogP contribution in [0.5, 0.6) is 11.5 Å². The summed E-state index contributed by atoms with van der Waals surface area (Å²) >= 11 is 6.18. The Kier molecular flexibility index (Phi) is 5.82. The summed E-state index contributed by atoms with van der Waals surface area (Å²) in [6.45, 7) is 2.37. The standard InChI is InChI=1S/C14H18ClNO4S.ClH/c15-12-5-11(6-13-14(12)20-3-2-19-13)8-16-7-10-1-4-21(17,18)9-10;/h5-6,10,16H,1-4,7-9H2;1H. The van der Waals surface area contributed by atoms with Crippen molar-refractivity contribution in [3.63, 3.8) is 0 Å². The second-order valence-electron chi connectivity index (χ2n) is 5.50. The maximum atomic E-state index is 11.4. The molecule has 8 heteroatoms. The average molecular weight is 368 g/mol. The molecule has 0 spiro atoms. The van der Waals surface area contributed by atoms with Crippen LogP contribution in [-0.2, 0) is 16.4 Å². The van der Waals surface area contributed by atoms with E-state index >= 15 is 0 Å². The highest BCUT2D eigenvalue weighted by Gasteiger charge is 2.27. The number of fused-ring (bicyclic) bond motifs is 1. The van der Waals surface area contributed by atoms with Crippen LogP contribution in [0.2, 0.25) is 5.02 Å². The van der Waals surface area contributed by atoms with Crippen LogP contribution in [0.4, 0.5) is 0 Å². The van der Waals surface area contributed by atoms with Gasteiger partial charge in [0.2, 0.25) is 0 Å². The zero-order chi connectivity index (χ0) is 14.9. The fourth-order valence-corrected chi connectivity index (χ4v) is 4.87. The van der Waals surface area contributed by atoms with E-state index in [9.17, 15) is 8.42 Å². The van der Waals surface area contributed by atoms with Crippen molar-refractivity contribution in [3.8, 4) is 11.5 Å². The van der Waals surface area contributed by atoms with Crippen LogP contribution in [0.25, 0.3) is 0 Å². The summed E-state index contributed by atoms with van der Waals surface area (Å²) in [7, 11) is -2.81. The molecular formula is C14H19Cl2NO4S. The molecule has 124 valence electrons. The predicted molar refractivity (Wildman–Crippen MR) is 88.2 cm³/mol. The molecule has 0 saturated carbocycles. The van der Waals surface area contributed by atoms with Gasteiger partial charge in [-0.1, -0.05) is 11.6 Å². The second-order valence-corrected chi connectivity index (χ2v) is 8.14. The molecule has 5 nitrogen and oxygen atoms in total. The fourth-order valence-electron chi connectivity index (χ4n) is 2.72. The van der Waals surface area contributed by atoms with Crippen molar-refractivity contribution in [1.82, 2.24) is 5.32 Å². The van der Waals surface area contributed by atoms with Crippen LogP contribution < -0.4 is 14.8 Å². The first-order valence-electron chi connectivity index (χ1n) is 7.03. The SMILES string of the molecule is Cl.O=S1(=O)CCC(CNCc2cc(Cl)c3c(c2)OCCO3)C1. The average Bonchev–Trinajstić information content (AvgIpc) is 2.78. The van der Waals surface area contributed by atoms with Gasteiger partial charge in [0.05, 0.1) is 16.5 Å². The highest BCUT2D eigenvalue weighted by atomic mass is 35.5. The zero-order valence-corrected chi connectivity index (χ0v) is 14.4. The Balaban J connectivity index is 0.00000176. The Morgan fingerprint density at radius 2 is 2.05 bits per heavy atom. The monoisotopic (exact) mass is 367 g/mol. The van der Waals surface area contributed by atoms with Gasteiger partial charge in [-0.25, -0.2) is 8.42 Å². The van der Waals surface area contributed by atoms with Gasteiger partial charge in [-0.3, -0.25) is 0 Å². The van der Waals surface area contributed by atoms with Crippen molar-refractivity contribution in [1.29, 1.82) is 0 Å². The summed E-state index contributed by atoms with van der Waals surface area (Å²) in [4.78, 5) is 0. The summed E-state index contributed by atoms with van der Waals surface area (Å²) in [5.41, 5.74) is 1.00. The molecule has 1 unspecified atom stereocenters. The van der Waals surface area contributed by atoms with Gasteiger partial charge in [0.1, 0.15) is 13.2 Å². The lowest BCUT2D eigenvalue weighted by Gasteiger charge is -2.20. The van der Waals surface area contributed by atoms with E-state index in [1.807, 2.05) is 12.1 Å². The molecule has 22 heavy (non-hydrogen) atoms. The molecule has 0 aliphatic carbocycles. The van der Waals surface area contributed by atoms with Gasteiger partial charge in [0.25, 0.3) is 0 Å². The number of hydrogen-bond donors (Lipinski definition) is 1. The smallest absolute Gasteiger partial charge is 0.179 e. The first-order chi connectivity index (χ1) is 10.0. The number of hydrogen-bond acceptors (Lipinski definition) is 5. The van der Waals surface area contributed by atoms with Crippen LogP contribution in [0.15, 0.2) is 12.1 Å². The third-order valence-electron chi connectivity index (χ3n) is 3.75. The van der Waals surface area contributed by atoms with E-state index in [0.29, 0.717) is 54.3 Å². The minimum absolute atomic E-state index is 0. The third-order valence-corrected chi connectivity index (χ3v) is 5.86.